The van der Waals surface area contributed by atoms with Gasteiger partial charge in [-0.25, -0.2) is 0 Å². The molecule has 1 amide bonds. The Kier molecular flexibility index (Phi) is 2.77. The summed E-state index contributed by atoms with van der Waals surface area (Å²) < 4.78 is 10.7. The Hall–Kier alpha value is -2.24. The summed E-state index contributed by atoms with van der Waals surface area (Å²) in [4.78, 5) is 23.1. The Morgan fingerprint density at radius 2 is 2.21 bits per heavy atom. The molecular formula is C13H13NO5. The molecule has 0 aliphatic carbocycles. The fraction of sp³-hybridized carbons (Fsp3) is 0.385. The van der Waals surface area contributed by atoms with Gasteiger partial charge in [-0.3, -0.25) is 9.59 Å². The summed E-state index contributed by atoms with van der Waals surface area (Å²) in [6, 6.07) is 5.35. The van der Waals surface area contributed by atoms with Crippen LogP contribution in [0.3, 0.4) is 0 Å². The molecule has 0 bridgehead atoms. The lowest BCUT2D eigenvalue weighted by atomic mass is 9.80. The van der Waals surface area contributed by atoms with E-state index in [1.807, 2.05) is 0 Å². The molecule has 19 heavy (non-hydrogen) atoms. The predicted molar refractivity (Wildman–Crippen MR) is 64.1 cm³/mol. The van der Waals surface area contributed by atoms with Gasteiger partial charge in [0.1, 0.15) is 5.92 Å². The zero-order chi connectivity index (χ0) is 13.4. The van der Waals surface area contributed by atoms with Crippen molar-refractivity contribution in [3.05, 3.63) is 23.8 Å². The lowest BCUT2D eigenvalue weighted by Gasteiger charge is -2.29. The zero-order valence-electron chi connectivity index (χ0n) is 10.1. The predicted octanol–water partition coefficient (Wildman–Crippen LogP) is 0.720. The van der Waals surface area contributed by atoms with Crippen LogP contribution in [0.4, 0.5) is 0 Å². The van der Waals surface area contributed by atoms with Crippen LogP contribution < -0.4 is 14.8 Å². The van der Waals surface area contributed by atoms with Crippen molar-refractivity contribution < 1.29 is 24.2 Å². The monoisotopic (exact) mass is 263 g/mol. The molecule has 2 aliphatic rings. The maximum atomic E-state index is 11.8. The minimum Gasteiger partial charge on any atom is -0.481 e. The molecule has 3 rings (SSSR count). The first-order valence-electron chi connectivity index (χ1n) is 6.07. The third-order valence-corrected chi connectivity index (χ3v) is 3.53. The third-order valence-electron chi connectivity index (χ3n) is 3.53. The summed E-state index contributed by atoms with van der Waals surface area (Å²) in [5.41, 5.74) is 0.734. The van der Waals surface area contributed by atoms with E-state index in [0.717, 1.165) is 5.56 Å². The molecule has 0 spiro atoms. The number of benzene rings is 1. The van der Waals surface area contributed by atoms with E-state index in [1.54, 1.807) is 18.2 Å². The van der Waals surface area contributed by atoms with Crippen molar-refractivity contribution >= 4 is 11.9 Å². The first-order valence-corrected chi connectivity index (χ1v) is 6.07. The molecular weight excluding hydrogens is 250 g/mol. The van der Waals surface area contributed by atoms with Gasteiger partial charge >= 0.3 is 5.97 Å². The first kappa shape index (κ1) is 11.8. The number of fused-ring (bicyclic) bond motifs is 1. The Morgan fingerprint density at radius 1 is 1.37 bits per heavy atom. The molecule has 6 nitrogen and oxygen atoms in total. The standard InChI is InChI=1S/C13H13NO5/c15-12-10(13(16)17)7(4-5-14-12)8-2-1-3-9-11(8)19-6-18-9/h1-3,7,10H,4-6H2,(H,14,15)(H,16,17). The number of carboxylic acid groups (broad SMARTS) is 1. The summed E-state index contributed by atoms with van der Waals surface area (Å²) in [6.45, 7) is 0.598. The number of para-hydroxylation sites is 1. The van der Waals surface area contributed by atoms with E-state index in [1.165, 1.54) is 0 Å². The molecule has 0 aromatic heterocycles. The van der Waals surface area contributed by atoms with Crippen LogP contribution in [0, 0.1) is 5.92 Å². The lowest BCUT2D eigenvalue weighted by Crippen LogP contribution is -2.44. The number of rotatable bonds is 2. The second-order valence-electron chi connectivity index (χ2n) is 4.58. The molecule has 2 N–H and O–H groups in total. The van der Waals surface area contributed by atoms with E-state index < -0.39 is 17.8 Å². The van der Waals surface area contributed by atoms with Gasteiger partial charge in [-0.2, -0.15) is 0 Å². The van der Waals surface area contributed by atoms with Crippen LogP contribution in [0.15, 0.2) is 18.2 Å². The largest absolute Gasteiger partial charge is 0.481 e. The van der Waals surface area contributed by atoms with E-state index in [9.17, 15) is 14.7 Å². The second-order valence-corrected chi connectivity index (χ2v) is 4.58. The molecule has 0 radical (unpaired) electrons. The highest BCUT2D eigenvalue weighted by atomic mass is 16.7. The number of amides is 1. The maximum absolute atomic E-state index is 11.8. The van der Waals surface area contributed by atoms with Crippen molar-refractivity contribution in [3.8, 4) is 11.5 Å². The Bertz CT molecular complexity index is 542. The van der Waals surface area contributed by atoms with Gasteiger partial charge in [0, 0.05) is 18.0 Å². The number of carbonyl (C=O) groups is 2. The zero-order valence-corrected chi connectivity index (χ0v) is 10.1. The average molecular weight is 263 g/mol. The first-order chi connectivity index (χ1) is 9.18. The van der Waals surface area contributed by atoms with Crippen LogP contribution in [-0.2, 0) is 9.59 Å². The Balaban J connectivity index is 2.02. The summed E-state index contributed by atoms with van der Waals surface area (Å²) in [5.74, 6) is -1.85. The van der Waals surface area contributed by atoms with E-state index in [2.05, 4.69) is 5.32 Å². The molecule has 2 atom stereocenters. The van der Waals surface area contributed by atoms with Gasteiger partial charge in [0.15, 0.2) is 11.5 Å². The summed E-state index contributed by atoms with van der Waals surface area (Å²) >= 11 is 0. The highest BCUT2D eigenvalue weighted by Gasteiger charge is 2.40. The number of piperidine rings is 1. The number of nitrogens with one attached hydrogen (secondary N) is 1. The van der Waals surface area contributed by atoms with Gasteiger partial charge in [0.25, 0.3) is 0 Å². The minimum atomic E-state index is -1.11. The van der Waals surface area contributed by atoms with E-state index in [0.29, 0.717) is 24.5 Å². The normalized spacial score (nSPS) is 24.9. The van der Waals surface area contributed by atoms with E-state index in [4.69, 9.17) is 9.47 Å². The lowest BCUT2D eigenvalue weighted by molar-refractivity contribution is -0.149. The van der Waals surface area contributed by atoms with Crippen molar-refractivity contribution in [3.63, 3.8) is 0 Å². The van der Waals surface area contributed by atoms with Gasteiger partial charge in [-0.15, -0.1) is 0 Å². The number of hydrogen-bond donors (Lipinski definition) is 2. The Morgan fingerprint density at radius 3 is 3.00 bits per heavy atom. The quantitative estimate of drug-likeness (QED) is 0.768. The number of ether oxygens (including phenoxy) is 2. The van der Waals surface area contributed by atoms with Crippen molar-refractivity contribution in [1.29, 1.82) is 0 Å². The van der Waals surface area contributed by atoms with Crippen molar-refractivity contribution in [2.75, 3.05) is 13.3 Å². The van der Waals surface area contributed by atoms with Gasteiger partial charge in [0.05, 0.1) is 0 Å². The SMILES string of the molecule is O=C(O)C1C(=O)NCCC1c1cccc2c1OCO2. The number of carboxylic acids is 1. The van der Waals surface area contributed by atoms with Gasteiger partial charge in [-0.1, -0.05) is 12.1 Å². The van der Waals surface area contributed by atoms with Crippen LogP contribution in [0.1, 0.15) is 17.9 Å². The molecule has 100 valence electrons. The molecule has 1 aromatic rings. The van der Waals surface area contributed by atoms with Crippen LogP contribution >= 0.6 is 0 Å². The highest BCUT2D eigenvalue weighted by molar-refractivity contribution is 5.98. The second kappa shape index (κ2) is 4.46. The number of hydrogen-bond acceptors (Lipinski definition) is 4. The van der Waals surface area contributed by atoms with E-state index in [-0.39, 0.29) is 12.7 Å². The van der Waals surface area contributed by atoms with E-state index >= 15 is 0 Å². The molecule has 1 saturated heterocycles. The average Bonchev–Trinajstić information content (AvgIpc) is 2.85. The molecule has 2 heterocycles. The Labute approximate surface area is 109 Å². The fourth-order valence-electron chi connectivity index (χ4n) is 2.67. The van der Waals surface area contributed by atoms with Crippen molar-refractivity contribution in [2.24, 2.45) is 5.92 Å². The van der Waals surface area contributed by atoms with Gasteiger partial charge < -0.3 is 19.9 Å². The smallest absolute Gasteiger partial charge is 0.316 e. The number of aliphatic carboxylic acids is 1. The molecule has 2 aliphatic heterocycles. The topological polar surface area (TPSA) is 84.9 Å². The van der Waals surface area contributed by atoms with Crippen LogP contribution in [0.2, 0.25) is 0 Å². The van der Waals surface area contributed by atoms with Crippen LogP contribution in [-0.4, -0.2) is 30.3 Å². The van der Waals surface area contributed by atoms with Crippen molar-refractivity contribution in [1.82, 2.24) is 5.32 Å². The molecule has 0 saturated carbocycles. The van der Waals surface area contributed by atoms with Crippen LogP contribution in [0.25, 0.3) is 0 Å². The number of carbonyl (C=O) groups excluding carboxylic acids is 1. The molecule has 2 unspecified atom stereocenters. The summed E-state index contributed by atoms with van der Waals surface area (Å²) in [5, 5.41) is 11.8. The van der Waals surface area contributed by atoms with Crippen molar-refractivity contribution in [2.45, 2.75) is 12.3 Å². The fourth-order valence-corrected chi connectivity index (χ4v) is 2.67. The molecule has 6 heteroatoms. The third kappa shape index (κ3) is 1.89. The molecule has 1 aromatic carbocycles. The molecule has 1 fully saturated rings. The maximum Gasteiger partial charge on any atom is 0.316 e. The van der Waals surface area contributed by atoms with Gasteiger partial charge in [0.2, 0.25) is 12.7 Å². The summed E-state index contributed by atoms with van der Waals surface area (Å²) in [6.07, 6.45) is 0.572. The minimum absolute atomic E-state index is 0.128. The van der Waals surface area contributed by atoms with Gasteiger partial charge in [-0.05, 0) is 12.5 Å². The highest BCUT2D eigenvalue weighted by Crippen LogP contribution is 2.43. The summed E-state index contributed by atoms with van der Waals surface area (Å²) in [7, 11) is 0. The van der Waals surface area contributed by atoms with Crippen LogP contribution in [0.5, 0.6) is 11.5 Å².